The highest BCUT2D eigenvalue weighted by Crippen LogP contribution is 2.20. The van der Waals surface area contributed by atoms with Gasteiger partial charge >= 0.3 is 0 Å². The topological polar surface area (TPSA) is 64.9 Å². The number of halogens is 1. The molecule has 1 unspecified atom stereocenters. The lowest BCUT2D eigenvalue weighted by atomic mass is 10.1. The van der Waals surface area contributed by atoms with Crippen LogP contribution in [0.3, 0.4) is 0 Å². The number of hydrogen-bond acceptors (Lipinski definition) is 4. The summed E-state index contributed by atoms with van der Waals surface area (Å²) in [6.07, 6.45) is 0.540. The molecule has 5 heteroatoms. The predicted molar refractivity (Wildman–Crippen MR) is 61.8 cm³/mol. The summed E-state index contributed by atoms with van der Waals surface area (Å²) in [6.45, 7) is 3.57. The van der Waals surface area contributed by atoms with Crippen LogP contribution < -0.4 is 5.73 Å². The highest BCUT2D eigenvalue weighted by Gasteiger charge is 2.11. The molecule has 0 aliphatic rings. The minimum atomic E-state index is -0.283. The van der Waals surface area contributed by atoms with Crippen LogP contribution in [-0.2, 0) is 6.42 Å². The molecule has 0 amide bonds. The van der Waals surface area contributed by atoms with E-state index < -0.39 is 0 Å². The van der Waals surface area contributed by atoms with Gasteiger partial charge in [-0.25, -0.2) is 4.39 Å². The lowest BCUT2D eigenvalue weighted by Crippen LogP contribution is -2.18. The summed E-state index contributed by atoms with van der Waals surface area (Å²) in [5.74, 6) is 0.574. The average Bonchev–Trinajstić information content (AvgIpc) is 2.69. The Labute approximate surface area is 98.6 Å². The Kier molecular flexibility index (Phi) is 3.19. The summed E-state index contributed by atoms with van der Waals surface area (Å²) in [5, 5.41) is 3.80. The van der Waals surface area contributed by atoms with E-state index in [9.17, 15) is 4.39 Å². The van der Waals surface area contributed by atoms with Gasteiger partial charge in [0.05, 0.1) is 0 Å². The minimum Gasteiger partial charge on any atom is -0.334 e. The van der Waals surface area contributed by atoms with Gasteiger partial charge in [0.1, 0.15) is 5.82 Å². The summed E-state index contributed by atoms with van der Waals surface area (Å²) in [6, 6.07) is 4.79. The zero-order valence-corrected chi connectivity index (χ0v) is 9.77. The lowest BCUT2D eigenvalue weighted by molar-refractivity contribution is 0.420. The van der Waals surface area contributed by atoms with Crippen molar-refractivity contribution in [3.63, 3.8) is 0 Å². The monoisotopic (exact) mass is 235 g/mol. The van der Waals surface area contributed by atoms with Crippen molar-refractivity contribution in [2.75, 3.05) is 0 Å². The Morgan fingerprint density at radius 1 is 1.47 bits per heavy atom. The maximum absolute atomic E-state index is 13.4. The number of hydrogen-bond donors (Lipinski definition) is 1. The molecule has 0 bridgehead atoms. The van der Waals surface area contributed by atoms with Crippen LogP contribution in [0.15, 0.2) is 22.7 Å². The molecule has 90 valence electrons. The van der Waals surface area contributed by atoms with Crippen molar-refractivity contribution in [3.05, 3.63) is 35.4 Å². The van der Waals surface area contributed by atoms with Crippen LogP contribution in [0.5, 0.6) is 0 Å². The van der Waals surface area contributed by atoms with Gasteiger partial charge in [0.2, 0.25) is 0 Å². The summed E-state index contributed by atoms with van der Waals surface area (Å²) >= 11 is 0. The van der Waals surface area contributed by atoms with Crippen LogP contribution in [0, 0.1) is 12.7 Å². The third-order valence-corrected chi connectivity index (χ3v) is 2.39. The molecule has 1 atom stereocenters. The fourth-order valence-corrected chi connectivity index (χ4v) is 1.47. The van der Waals surface area contributed by atoms with Crippen LogP contribution in [0.25, 0.3) is 11.5 Å². The number of rotatable bonds is 3. The van der Waals surface area contributed by atoms with Crippen molar-refractivity contribution in [1.82, 2.24) is 10.1 Å². The van der Waals surface area contributed by atoms with E-state index in [0.717, 1.165) is 0 Å². The molecule has 2 rings (SSSR count). The molecule has 1 aromatic carbocycles. The zero-order valence-electron chi connectivity index (χ0n) is 9.77. The second-order valence-corrected chi connectivity index (χ2v) is 4.16. The van der Waals surface area contributed by atoms with Crippen LogP contribution in [0.2, 0.25) is 0 Å². The minimum absolute atomic E-state index is 0.0322. The Hall–Kier alpha value is -1.75. The van der Waals surface area contributed by atoms with Gasteiger partial charge < -0.3 is 10.3 Å². The molecule has 0 radical (unpaired) electrons. The van der Waals surface area contributed by atoms with Gasteiger partial charge in [0.15, 0.2) is 5.82 Å². The SMILES string of the molecule is Cc1ccc(-c2nc(CC(C)N)no2)cc1F. The third kappa shape index (κ3) is 2.68. The quantitative estimate of drug-likeness (QED) is 0.884. The first-order chi connectivity index (χ1) is 8.06. The zero-order chi connectivity index (χ0) is 12.4. The van der Waals surface area contributed by atoms with Gasteiger partial charge in [-0.2, -0.15) is 4.98 Å². The fraction of sp³-hybridized carbons (Fsp3) is 0.333. The lowest BCUT2D eigenvalue weighted by Gasteiger charge is -1.98. The van der Waals surface area contributed by atoms with E-state index in [4.69, 9.17) is 10.3 Å². The van der Waals surface area contributed by atoms with Crippen molar-refractivity contribution in [2.45, 2.75) is 26.3 Å². The molecule has 1 aromatic heterocycles. The van der Waals surface area contributed by atoms with Crippen LogP contribution >= 0.6 is 0 Å². The van der Waals surface area contributed by atoms with E-state index in [-0.39, 0.29) is 11.9 Å². The molecule has 0 aliphatic carbocycles. The molecule has 1 heterocycles. The maximum Gasteiger partial charge on any atom is 0.258 e. The highest BCUT2D eigenvalue weighted by molar-refractivity contribution is 5.53. The Bertz CT molecular complexity index is 522. The molecule has 0 saturated carbocycles. The van der Waals surface area contributed by atoms with E-state index in [1.54, 1.807) is 19.1 Å². The second kappa shape index (κ2) is 4.63. The molecule has 2 aromatic rings. The second-order valence-electron chi connectivity index (χ2n) is 4.16. The average molecular weight is 235 g/mol. The van der Waals surface area contributed by atoms with Crippen molar-refractivity contribution in [3.8, 4) is 11.5 Å². The fourth-order valence-electron chi connectivity index (χ4n) is 1.47. The summed E-state index contributed by atoms with van der Waals surface area (Å²) in [4.78, 5) is 4.17. The number of nitrogens with two attached hydrogens (primary N) is 1. The van der Waals surface area contributed by atoms with E-state index in [2.05, 4.69) is 10.1 Å². The smallest absolute Gasteiger partial charge is 0.258 e. The van der Waals surface area contributed by atoms with Crippen LogP contribution in [0.1, 0.15) is 18.3 Å². The van der Waals surface area contributed by atoms with Crippen LogP contribution in [0.4, 0.5) is 4.39 Å². The number of nitrogens with zero attached hydrogens (tertiary/aromatic N) is 2. The molecule has 2 N–H and O–H groups in total. The van der Waals surface area contributed by atoms with Crippen molar-refractivity contribution < 1.29 is 8.91 Å². The first-order valence-corrected chi connectivity index (χ1v) is 5.41. The molecule has 17 heavy (non-hydrogen) atoms. The Morgan fingerprint density at radius 3 is 2.88 bits per heavy atom. The summed E-state index contributed by atoms with van der Waals surface area (Å²) in [5.41, 5.74) is 6.80. The number of aromatic nitrogens is 2. The number of benzene rings is 1. The first-order valence-electron chi connectivity index (χ1n) is 5.41. The largest absolute Gasteiger partial charge is 0.334 e. The van der Waals surface area contributed by atoms with Crippen molar-refractivity contribution in [1.29, 1.82) is 0 Å². The molecule has 0 saturated heterocycles. The van der Waals surface area contributed by atoms with Crippen molar-refractivity contribution >= 4 is 0 Å². The van der Waals surface area contributed by atoms with Crippen molar-refractivity contribution in [2.24, 2.45) is 5.73 Å². The Balaban J connectivity index is 2.27. The summed E-state index contributed by atoms with van der Waals surface area (Å²) < 4.78 is 18.4. The summed E-state index contributed by atoms with van der Waals surface area (Å²) in [7, 11) is 0. The Morgan fingerprint density at radius 2 is 2.24 bits per heavy atom. The van der Waals surface area contributed by atoms with Gasteiger partial charge in [-0.05, 0) is 31.5 Å². The van der Waals surface area contributed by atoms with Gasteiger partial charge in [0.25, 0.3) is 5.89 Å². The van der Waals surface area contributed by atoms with E-state index in [1.807, 2.05) is 6.92 Å². The number of aryl methyl sites for hydroxylation is 1. The maximum atomic E-state index is 13.4. The van der Waals surface area contributed by atoms with Gasteiger partial charge in [0, 0.05) is 18.0 Å². The molecule has 0 spiro atoms. The van der Waals surface area contributed by atoms with Gasteiger partial charge in [-0.3, -0.25) is 0 Å². The highest BCUT2D eigenvalue weighted by atomic mass is 19.1. The molecular formula is C12H14FN3O. The molecule has 0 aliphatic heterocycles. The van der Waals surface area contributed by atoms with Gasteiger partial charge in [-0.15, -0.1) is 0 Å². The standard InChI is InChI=1S/C12H14FN3O/c1-7-3-4-9(6-10(7)13)12-15-11(16-17-12)5-8(2)14/h3-4,6,8H,5,14H2,1-2H3. The molecule has 0 fully saturated rings. The van der Waals surface area contributed by atoms with E-state index in [0.29, 0.717) is 29.3 Å². The molecule has 4 nitrogen and oxygen atoms in total. The van der Waals surface area contributed by atoms with Crippen LogP contribution in [-0.4, -0.2) is 16.2 Å². The first kappa shape index (κ1) is 11.7. The predicted octanol–water partition coefficient (Wildman–Crippen LogP) is 2.07. The van der Waals surface area contributed by atoms with E-state index in [1.165, 1.54) is 6.07 Å². The third-order valence-electron chi connectivity index (χ3n) is 2.39. The van der Waals surface area contributed by atoms with Gasteiger partial charge in [-0.1, -0.05) is 11.2 Å². The normalized spacial score (nSPS) is 12.7. The van der Waals surface area contributed by atoms with E-state index >= 15 is 0 Å². The molecular weight excluding hydrogens is 221 g/mol.